The van der Waals surface area contributed by atoms with Crippen LogP contribution in [0.15, 0.2) is 382 Å². The van der Waals surface area contributed by atoms with E-state index in [0.717, 1.165) is 157 Å². The molecule has 0 spiro atoms. The lowest BCUT2D eigenvalue weighted by Crippen LogP contribution is -2.23. The molecular formula is C110H84N4O4. The molecule has 8 heteroatoms. The number of benzene rings is 15. The van der Waals surface area contributed by atoms with E-state index >= 15 is 0 Å². The third-order valence-corrected chi connectivity index (χ3v) is 25.6. The van der Waals surface area contributed by atoms with E-state index in [4.69, 9.17) is 17.7 Å². The number of furan rings is 4. The second-order valence-corrected chi connectivity index (χ2v) is 33.8. The van der Waals surface area contributed by atoms with Crippen LogP contribution in [-0.4, -0.2) is 0 Å². The number of hydrogen-bond donors (Lipinski definition) is 0. The van der Waals surface area contributed by atoms with Crippen molar-refractivity contribution in [1.29, 1.82) is 0 Å². The maximum absolute atomic E-state index is 7.16. The Balaban J connectivity index is 0.000000143. The van der Waals surface area contributed by atoms with Gasteiger partial charge in [-0.05, 0) is 192 Å². The highest BCUT2D eigenvalue weighted by Crippen LogP contribution is 2.65. The van der Waals surface area contributed by atoms with Crippen molar-refractivity contribution >= 4 is 112 Å². The first-order valence-corrected chi connectivity index (χ1v) is 41.0. The van der Waals surface area contributed by atoms with Gasteiger partial charge in [-0.25, -0.2) is 0 Å². The van der Waals surface area contributed by atoms with Crippen molar-refractivity contribution in [2.24, 2.45) is 0 Å². The maximum atomic E-state index is 7.16. The second kappa shape index (κ2) is 26.6. The zero-order valence-corrected chi connectivity index (χ0v) is 67.1. The molecule has 4 aliphatic carbocycles. The summed E-state index contributed by atoms with van der Waals surface area (Å²) in [5, 5.41) is 4.43. The summed E-state index contributed by atoms with van der Waals surface area (Å²) >= 11 is 0. The van der Waals surface area contributed by atoms with E-state index < -0.39 is 0 Å². The molecule has 19 aromatic rings. The van der Waals surface area contributed by atoms with Crippen LogP contribution in [0.1, 0.15) is 99.9 Å². The van der Waals surface area contributed by atoms with E-state index in [1.807, 2.05) is 18.2 Å². The summed E-state index contributed by atoms with van der Waals surface area (Å²) in [6.45, 7) is 18.9. The van der Waals surface area contributed by atoms with Crippen molar-refractivity contribution in [2.75, 3.05) is 19.6 Å². The van der Waals surface area contributed by atoms with Gasteiger partial charge in [-0.15, -0.1) is 0 Å². The van der Waals surface area contributed by atoms with Gasteiger partial charge in [0.1, 0.15) is 34.2 Å². The molecule has 0 bridgehead atoms. The molecule has 8 nitrogen and oxygen atoms in total. The fourth-order valence-corrected chi connectivity index (χ4v) is 20.1. The maximum Gasteiger partial charge on any atom is 0.159 e. The second-order valence-electron chi connectivity index (χ2n) is 33.8. The van der Waals surface area contributed by atoms with E-state index in [1.165, 1.54) is 55.6 Å². The highest BCUT2D eigenvalue weighted by atomic mass is 16.4. The van der Waals surface area contributed by atoms with Gasteiger partial charge in [0.2, 0.25) is 0 Å². The molecule has 0 atom stereocenters. The SMILES string of the molecule is CC1(C)c2cc(N(c3ccccc3)c3ccccc3)ccc2-c2oc3c(c21)C(C)(C)c1cc(N(c2ccccc2)c2cccc4c2oc2ccccc24)ccc1-3.CC1(C)c2cc(N(c3ccccc3)c3ccccc3)ccc2-c2oc3c(c21)C(C)(C)c1cc(N(c2ccccc2-c2ccccc2)c2cccc4c2oc2ccccc24)ccc1-3. The quantitative estimate of drug-likeness (QED) is 0.113. The third-order valence-electron chi connectivity index (χ3n) is 25.6. The van der Waals surface area contributed by atoms with Crippen molar-refractivity contribution < 1.29 is 17.7 Å². The van der Waals surface area contributed by atoms with E-state index in [2.05, 4.69) is 421 Å². The van der Waals surface area contributed by atoms with E-state index in [1.54, 1.807) is 0 Å². The average molecular weight is 1530 g/mol. The molecule has 15 aromatic carbocycles. The summed E-state index contributed by atoms with van der Waals surface area (Å²) in [7, 11) is 0. The van der Waals surface area contributed by atoms with Gasteiger partial charge >= 0.3 is 0 Å². The molecule has 0 saturated carbocycles. The van der Waals surface area contributed by atoms with Crippen molar-refractivity contribution in [3.05, 3.63) is 408 Å². The van der Waals surface area contributed by atoms with Crippen molar-refractivity contribution in [3.63, 3.8) is 0 Å². The summed E-state index contributed by atoms with van der Waals surface area (Å²) in [6.07, 6.45) is 0. The van der Waals surface area contributed by atoms with Crippen LogP contribution in [0.2, 0.25) is 0 Å². The van der Waals surface area contributed by atoms with Gasteiger partial charge < -0.3 is 37.3 Å². The van der Waals surface area contributed by atoms with Crippen LogP contribution in [0.5, 0.6) is 0 Å². The van der Waals surface area contributed by atoms with Crippen LogP contribution in [0, 0.1) is 0 Å². The van der Waals surface area contributed by atoms with Crippen LogP contribution >= 0.6 is 0 Å². The Kier molecular flexibility index (Phi) is 15.9. The fraction of sp³-hybridized carbons (Fsp3) is 0.109. The largest absolute Gasteiger partial charge is 0.455 e. The van der Waals surface area contributed by atoms with Gasteiger partial charge in [0.25, 0.3) is 0 Å². The third kappa shape index (κ3) is 10.7. The Morgan fingerprint density at radius 2 is 0.466 bits per heavy atom. The first-order valence-electron chi connectivity index (χ1n) is 41.0. The lowest BCUT2D eigenvalue weighted by atomic mass is 9.74. The Morgan fingerprint density at radius 3 is 0.831 bits per heavy atom. The van der Waals surface area contributed by atoms with Gasteiger partial charge in [-0.1, -0.05) is 256 Å². The molecule has 0 amide bonds. The lowest BCUT2D eigenvalue weighted by Gasteiger charge is -2.31. The zero-order chi connectivity index (χ0) is 79.5. The van der Waals surface area contributed by atoms with Gasteiger partial charge in [-0.2, -0.15) is 0 Å². The molecule has 118 heavy (non-hydrogen) atoms. The summed E-state index contributed by atoms with van der Waals surface area (Å²) in [5.74, 6) is 3.96. The molecule has 0 N–H and O–H groups in total. The highest BCUT2D eigenvalue weighted by Gasteiger charge is 2.52. The molecule has 0 radical (unpaired) electrons. The van der Waals surface area contributed by atoms with Crippen molar-refractivity contribution in [2.45, 2.75) is 77.0 Å². The summed E-state index contributed by atoms with van der Waals surface area (Å²) in [4.78, 5) is 9.40. The molecule has 568 valence electrons. The van der Waals surface area contributed by atoms with Crippen molar-refractivity contribution in [1.82, 2.24) is 0 Å². The van der Waals surface area contributed by atoms with Crippen molar-refractivity contribution in [3.8, 4) is 56.4 Å². The molecule has 4 heterocycles. The zero-order valence-electron chi connectivity index (χ0n) is 67.1. The monoisotopic (exact) mass is 1520 g/mol. The van der Waals surface area contributed by atoms with E-state index in [-0.39, 0.29) is 21.7 Å². The molecule has 0 unspecified atom stereocenters. The molecule has 0 saturated heterocycles. The first-order chi connectivity index (χ1) is 57.6. The molecule has 0 fully saturated rings. The normalized spacial score (nSPS) is 14.2. The van der Waals surface area contributed by atoms with Crippen LogP contribution < -0.4 is 19.6 Å². The number of rotatable bonds is 13. The van der Waals surface area contributed by atoms with Crippen LogP contribution in [0.25, 0.3) is 100 Å². The summed E-state index contributed by atoms with van der Waals surface area (Å²) < 4.78 is 27.6. The number of fused-ring (bicyclic) bond motifs is 20. The van der Waals surface area contributed by atoms with Crippen LogP contribution in [-0.2, 0) is 21.7 Å². The molecule has 4 aliphatic rings. The number of hydrogen-bond acceptors (Lipinski definition) is 8. The highest BCUT2D eigenvalue weighted by molar-refractivity contribution is 6.12. The predicted molar refractivity (Wildman–Crippen MR) is 486 cm³/mol. The summed E-state index contributed by atoms with van der Waals surface area (Å²) in [5.41, 5.74) is 32.4. The predicted octanol–water partition coefficient (Wildman–Crippen LogP) is 31.1. The fourth-order valence-electron chi connectivity index (χ4n) is 20.1. The Morgan fingerprint density at radius 1 is 0.195 bits per heavy atom. The molecule has 4 aromatic heterocycles. The van der Waals surface area contributed by atoms with Gasteiger partial charge in [0.15, 0.2) is 11.2 Å². The molecule has 0 aliphatic heterocycles. The van der Waals surface area contributed by atoms with Crippen LogP contribution in [0.4, 0.5) is 68.2 Å². The minimum atomic E-state index is -0.351. The number of nitrogens with zero attached hydrogens (tertiary/aromatic N) is 4. The number of anilines is 12. The number of para-hydroxylation sites is 10. The lowest BCUT2D eigenvalue weighted by molar-refractivity contribution is 0.592. The average Bonchev–Trinajstić information content (AvgIpc) is 1.52. The Labute approximate surface area is 687 Å². The minimum Gasteiger partial charge on any atom is -0.455 e. The van der Waals surface area contributed by atoms with Gasteiger partial charge in [0, 0.05) is 144 Å². The van der Waals surface area contributed by atoms with Gasteiger partial charge in [0.05, 0.1) is 17.1 Å². The Bertz CT molecular complexity index is 7110. The standard InChI is InChI=1S/C58H44N2O2.C52H40N2O2/c1-57(2)47-35-40(59(38-21-10-6-11-22-38)39-23-12-7-13-24-39)31-33-45(47)55-52(57)53-56(62-55)46-34-32-41(36-48(46)58(53,3)4)60(49-28-16-14-25-42(49)37-19-8-5-9-20-37)50-29-18-27-44-43-26-15-17-30-51(43)61-54(44)50;1-51(2)42-31-36(53(33-17-8-5-9-18-33)34-19-10-6-11-20-34)27-29-40(42)49-46(51)47-50(56-49)41-30-28-37(32-43(41)52(47,3)4)54(35-21-12-7-13-22-35)44-25-16-24-39-38-23-14-15-26-45(38)55-48(39)44/h5-36H,1-4H3;5-32H,1-4H3. The minimum absolute atomic E-state index is 0.286. The summed E-state index contributed by atoms with van der Waals surface area (Å²) in [6, 6.07) is 130. The smallest absolute Gasteiger partial charge is 0.159 e. The van der Waals surface area contributed by atoms with E-state index in [0.29, 0.717) is 0 Å². The first kappa shape index (κ1) is 70.3. The topological polar surface area (TPSA) is 65.5 Å². The van der Waals surface area contributed by atoms with E-state index in [9.17, 15) is 0 Å². The molecule has 23 rings (SSSR count). The van der Waals surface area contributed by atoms with Gasteiger partial charge in [-0.3, -0.25) is 0 Å². The molecular weight excluding hydrogens is 1440 g/mol. The van der Waals surface area contributed by atoms with Crippen LogP contribution in [0.3, 0.4) is 0 Å². The Hall–Kier alpha value is -14.3.